The van der Waals surface area contributed by atoms with Crippen LogP contribution >= 0.6 is 0 Å². The third-order valence-corrected chi connectivity index (χ3v) is 2.39. The van der Waals surface area contributed by atoms with Crippen molar-refractivity contribution in [2.24, 2.45) is 11.7 Å². The second kappa shape index (κ2) is 4.70. The van der Waals surface area contributed by atoms with Gasteiger partial charge in [0.15, 0.2) is 0 Å². The summed E-state index contributed by atoms with van der Waals surface area (Å²) in [6, 6.07) is 0.440. The number of nitrogens with one attached hydrogen (secondary N) is 1. The van der Waals surface area contributed by atoms with Gasteiger partial charge >= 0.3 is 0 Å². The molecule has 1 fully saturated rings. The van der Waals surface area contributed by atoms with Crippen LogP contribution in [0.1, 0.15) is 12.8 Å². The van der Waals surface area contributed by atoms with E-state index < -0.39 is 0 Å². The Labute approximate surface area is 68.3 Å². The minimum absolute atomic E-state index is 0.440. The Bertz CT molecular complexity index is 98.3. The Morgan fingerprint density at radius 2 is 2.55 bits per heavy atom. The standard InChI is InChI=1S/C8H18N2O/c1-10-8(5-9)7-3-2-4-11-6-7/h7-8,10H,2-6,9H2,1H3. The molecule has 66 valence electrons. The summed E-state index contributed by atoms with van der Waals surface area (Å²) in [5, 5.41) is 3.22. The van der Waals surface area contributed by atoms with Crippen molar-refractivity contribution in [1.29, 1.82) is 0 Å². The van der Waals surface area contributed by atoms with Crippen molar-refractivity contribution in [2.75, 3.05) is 26.8 Å². The number of ether oxygens (including phenoxy) is 1. The van der Waals surface area contributed by atoms with E-state index in [0.717, 1.165) is 13.2 Å². The van der Waals surface area contributed by atoms with Crippen LogP contribution in [0.4, 0.5) is 0 Å². The fraction of sp³-hybridized carbons (Fsp3) is 1.00. The number of hydrogen-bond donors (Lipinski definition) is 2. The van der Waals surface area contributed by atoms with Gasteiger partial charge in [-0.2, -0.15) is 0 Å². The molecule has 3 N–H and O–H groups in total. The van der Waals surface area contributed by atoms with E-state index in [1.54, 1.807) is 0 Å². The fourth-order valence-electron chi connectivity index (χ4n) is 1.63. The summed E-state index contributed by atoms with van der Waals surface area (Å²) in [6.45, 7) is 2.52. The van der Waals surface area contributed by atoms with Crippen molar-refractivity contribution in [3.8, 4) is 0 Å². The zero-order chi connectivity index (χ0) is 8.10. The van der Waals surface area contributed by atoms with Crippen LogP contribution in [0.3, 0.4) is 0 Å². The monoisotopic (exact) mass is 158 g/mol. The third kappa shape index (κ3) is 2.43. The van der Waals surface area contributed by atoms with Crippen molar-refractivity contribution < 1.29 is 4.74 Å². The molecule has 0 spiro atoms. The summed E-state index contributed by atoms with van der Waals surface area (Å²) in [4.78, 5) is 0. The van der Waals surface area contributed by atoms with Gasteiger partial charge < -0.3 is 15.8 Å². The smallest absolute Gasteiger partial charge is 0.0509 e. The Morgan fingerprint density at radius 3 is 3.00 bits per heavy atom. The van der Waals surface area contributed by atoms with E-state index in [2.05, 4.69) is 5.32 Å². The normalized spacial score (nSPS) is 28.4. The van der Waals surface area contributed by atoms with Gasteiger partial charge in [-0.3, -0.25) is 0 Å². The molecule has 2 unspecified atom stereocenters. The van der Waals surface area contributed by atoms with Gasteiger partial charge in [-0.15, -0.1) is 0 Å². The second-order valence-corrected chi connectivity index (χ2v) is 3.11. The molecule has 0 aromatic heterocycles. The molecule has 0 aliphatic carbocycles. The largest absolute Gasteiger partial charge is 0.381 e. The maximum atomic E-state index is 5.60. The van der Waals surface area contributed by atoms with Crippen LogP contribution in [0.2, 0.25) is 0 Å². The van der Waals surface area contributed by atoms with E-state index in [-0.39, 0.29) is 0 Å². The molecule has 11 heavy (non-hydrogen) atoms. The summed E-state index contributed by atoms with van der Waals surface area (Å²) in [5.41, 5.74) is 5.60. The van der Waals surface area contributed by atoms with Gasteiger partial charge in [0, 0.05) is 19.2 Å². The molecule has 0 aromatic rings. The lowest BCUT2D eigenvalue weighted by molar-refractivity contribution is 0.0417. The molecule has 0 amide bonds. The Balaban J connectivity index is 2.30. The van der Waals surface area contributed by atoms with E-state index in [1.165, 1.54) is 12.8 Å². The van der Waals surface area contributed by atoms with E-state index in [1.807, 2.05) is 7.05 Å². The lowest BCUT2D eigenvalue weighted by atomic mass is 9.94. The molecule has 1 saturated heterocycles. The fourth-order valence-corrected chi connectivity index (χ4v) is 1.63. The summed E-state index contributed by atoms with van der Waals surface area (Å²) >= 11 is 0. The Hall–Kier alpha value is -0.120. The van der Waals surface area contributed by atoms with E-state index in [9.17, 15) is 0 Å². The first-order valence-corrected chi connectivity index (χ1v) is 4.33. The van der Waals surface area contributed by atoms with Gasteiger partial charge in [0.2, 0.25) is 0 Å². The highest BCUT2D eigenvalue weighted by molar-refractivity contribution is 4.77. The molecule has 3 nitrogen and oxygen atoms in total. The average molecular weight is 158 g/mol. The number of likely N-dealkylation sites (N-methyl/N-ethyl adjacent to an activating group) is 1. The van der Waals surface area contributed by atoms with Crippen LogP contribution in [0.5, 0.6) is 0 Å². The molecule has 3 heteroatoms. The molecule has 1 aliphatic heterocycles. The molecule has 1 rings (SSSR count). The van der Waals surface area contributed by atoms with Crippen LogP contribution in [0, 0.1) is 5.92 Å². The predicted octanol–water partition coefficient (Wildman–Crippen LogP) is -0.0403. The Kier molecular flexibility index (Phi) is 3.83. The minimum Gasteiger partial charge on any atom is -0.381 e. The van der Waals surface area contributed by atoms with Crippen LogP contribution in [-0.2, 0) is 4.74 Å². The zero-order valence-corrected chi connectivity index (χ0v) is 7.18. The maximum Gasteiger partial charge on any atom is 0.0509 e. The first kappa shape index (κ1) is 8.97. The highest BCUT2D eigenvalue weighted by Crippen LogP contribution is 2.16. The van der Waals surface area contributed by atoms with Crippen molar-refractivity contribution in [2.45, 2.75) is 18.9 Å². The molecular weight excluding hydrogens is 140 g/mol. The van der Waals surface area contributed by atoms with Crippen molar-refractivity contribution in [3.63, 3.8) is 0 Å². The molecule has 1 heterocycles. The van der Waals surface area contributed by atoms with Crippen molar-refractivity contribution in [3.05, 3.63) is 0 Å². The summed E-state index contributed by atoms with van der Waals surface area (Å²) < 4.78 is 5.37. The highest BCUT2D eigenvalue weighted by atomic mass is 16.5. The van der Waals surface area contributed by atoms with Gasteiger partial charge in [-0.25, -0.2) is 0 Å². The molecule has 0 saturated carbocycles. The first-order chi connectivity index (χ1) is 5.38. The van der Waals surface area contributed by atoms with Crippen LogP contribution < -0.4 is 11.1 Å². The summed E-state index contributed by atoms with van der Waals surface area (Å²) in [7, 11) is 1.96. The number of hydrogen-bond acceptors (Lipinski definition) is 3. The minimum atomic E-state index is 0.440. The van der Waals surface area contributed by atoms with Gasteiger partial charge in [0.25, 0.3) is 0 Å². The quantitative estimate of drug-likeness (QED) is 0.606. The van der Waals surface area contributed by atoms with Crippen LogP contribution in [0.15, 0.2) is 0 Å². The lowest BCUT2D eigenvalue weighted by Gasteiger charge is -2.28. The summed E-state index contributed by atoms with van der Waals surface area (Å²) in [5.74, 6) is 0.624. The van der Waals surface area contributed by atoms with Crippen LogP contribution in [-0.4, -0.2) is 32.8 Å². The SMILES string of the molecule is CNC(CN)C1CCCOC1. The summed E-state index contributed by atoms with van der Waals surface area (Å²) in [6.07, 6.45) is 2.44. The maximum absolute atomic E-state index is 5.60. The molecule has 1 aliphatic rings. The van der Waals surface area contributed by atoms with E-state index in [4.69, 9.17) is 10.5 Å². The first-order valence-electron chi connectivity index (χ1n) is 4.33. The van der Waals surface area contributed by atoms with E-state index >= 15 is 0 Å². The second-order valence-electron chi connectivity index (χ2n) is 3.11. The number of rotatable bonds is 3. The molecule has 0 bridgehead atoms. The van der Waals surface area contributed by atoms with Gasteiger partial charge in [0.05, 0.1) is 6.61 Å². The van der Waals surface area contributed by atoms with Crippen molar-refractivity contribution >= 4 is 0 Å². The number of nitrogens with two attached hydrogens (primary N) is 1. The van der Waals surface area contributed by atoms with Crippen molar-refractivity contribution in [1.82, 2.24) is 5.32 Å². The van der Waals surface area contributed by atoms with Crippen LogP contribution in [0.25, 0.3) is 0 Å². The van der Waals surface area contributed by atoms with Gasteiger partial charge in [-0.1, -0.05) is 0 Å². The van der Waals surface area contributed by atoms with Gasteiger partial charge in [-0.05, 0) is 25.8 Å². The molecule has 0 radical (unpaired) electrons. The van der Waals surface area contributed by atoms with E-state index in [0.29, 0.717) is 18.5 Å². The third-order valence-electron chi connectivity index (χ3n) is 2.39. The zero-order valence-electron chi connectivity index (χ0n) is 7.18. The lowest BCUT2D eigenvalue weighted by Crippen LogP contribution is -2.43. The Morgan fingerprint density at radius 1 is 1.73 bits per heavy atom. The molecule has 2 atom stereocenters. The average Bonchev–Trinajstić information content (AvgIpc) is 2.09. The van der Waals surface area contributed by atoms with Gasteiger partial charge in [0.1, 0.15) is 0 Å². The predicted molar refractivity (Wildman–Crippen MR) is 45.4 cm³/mol. The molecule has 0 aromatic carbocycles. The molecular formula is C8H18N2O. The topological polar surface area (TPSA) is 47.3 Å². The highest BCUT2D eigenvalue weighted by Gasteiger charge is 2.21.